The summed E-state index contributed by atoms with van der Waals surface area (Å²) in [6.45, 7) is 6.26. The van der Waals surface area contributed by atoms with Gasteiger partial charge in [-0.05, 0) is 72.7 Å². The van der Waals surface area contributed by atoms with Gasteiger partial charge in [0, 0.05) is 12.7 Å². The Morgan fingerprint density at radius 2 is 1.77 bits per heavy atom. The summed E-state index contributed by atoms with van der Waals surface area (Å²) in [5.74, 6) is 1.33. The minimum absolute atomic E-state index is 0.197. The van der Waals surface area contributed by atoms with Crippen molar-refractivity contribution in [3.05, 3.63) is 75.5 Å². The first-order chi connectivity index (χ1) is 14.9. The van der Waals surface area contributed by atoms with E-state index in [2.05, 4.69) is 15.5 Å². The molecule has 0 saturated carbocycles. The van der Waals surface area contributed by atoms with Crippen LogP contribution in [0.4, 0.5) is 0 Å². The van der Waals surface area contributed by atoms with Crippen molar-refractivity contribution >= 4 is 0 Å². The predicted octanol–water partition coefficient (Wildman–Crippen LogP) is 2.66. The fraction of sp³-hybridized carbons (Fsp3) is 0.273. The average molecular weight is 420 g/mol. The van der Waals surface area contributed by atoms with Gasteiger partial charge in [0.05, 0.1) is 30.2 Å². The smallest absolute Gasteiger partial charge is 0.368 e. The molecular formula is C22H24N6O3. The van der Waals surface area contributed by atoms with E-state index in [0.29, 0.717) is 17.0 Å². The number of tetrazole rings is 1. The molecule has 0 saturated heterocycles. The molecule has 4 aromatic rings. The minimum atomic E-state index is -0.347. The Kier molecular flexibility index (Phi) is 5.33. The van der Waals surface area contributed by atoms with Crippen LogP contribution in [0.25, 0.3) is 11.4 Å². The molecule has 0 bridgehead atoms. The molecule has 0 spiro atoms. The first kappa shape index (κ1) is 20.4. The zero-order valence-corrected chi connectivity index (χ0v) is 18.2. The van der Waals surface area contributed by atoms with E-state index in [-0.39, 0.29) is 12.3 Å². The minimum Gasteiger partial charge on any atom is -0.496 e. The molecule has 0 N–H and O–H groups in total. The van der Waals surface area contributed by atoms with Gasteiger partial charge in [0.1, 0.15) is 18.1 Å². The lowest BCUT2D eigenvalue weighted by Gasteiger charge is -2.16. The largest absolute Gasteiger partial charge is 0.496 e. The highest BCUT2D eigenvalue weighted by molar-refractivity contribution is 5.50. The van der Waals surface area contributed by atoms with Crippen molar-refractivity contribution in [3.63, 3.8) is 0 Å². The molecule has 0 radical (unpaired) electrons. The van der Waals surface area contributed by atoms with Crippen molar-refractivity contribution in [2.75, 3.05) is 7.11 Å². The maximum atomic E-state index is 12.4. The van der Waals surface area contributed by atoms with Gasteiger partial charge in [-0.25, -0.2) is 9.48 Å². The highest BCUT2D eigenvalue weighted by Gasteiger charge is 2.16. The number of methoxy groups -OCH3 is 1. The summed E-state index contributed by atoms with van der Waals surface area (Å²) in [4.78, 5) is 12.4. The lowest BCUT2D eigenvalue weighted by molar-refractivity contribution is 0.294. The quantitative estimate of drug-likeness (QED) is 0.476. The van der Waals surface area contributed by atoms with Crippen molar-refractivity contribution in [3.8, 4) is 22.9 Å². The van der Waals surface area contributed by atoms with Crippen LogP contribution in [-0.2, 0) is 13.7 Å². The van der Waals surface area contributed by atoms with Crippen molar-refractivity contribution in [2.45, 2.75) is 27.4 Å². The molecule has 0 amide bonds. The Balaban J connectivity index is 1.65. The molecule has 2 aromatic carbocycles. The van der Waals surface area contributed by atoms with E-state index in [1.807, 2.05) is 55.9 Å². The van der Waals surface area contributed by atoms with E-state index >= 15 is 0 Å². The average Bonchev–Trinajstić information content (AvgIpc) is 3.28. The lowest BCUT2D eigenvalue weighted by atomic mass is 10.1. The normalized spacial score (nSPS) is 11.0. The van der Waals surface area contributed by atoms with E-state index in [1.165, 1.54) is 9.36 Å². The van der Waals surface area contributed by atoms with Gasteiger partial charge in [-0.2, -0.15) is 14.5 Å². The van der Waals surface area contributed by atoms with Crippen molar-refractivity contribution in [1.29, 1.82) is 0 Å². The lowest BCUT2D eigenvalue weighted by Crippen LogP contribution is -2.23. The molecule has 2 aromatic heterocycles. The van der Waals surface area contributed by atoms with Crippen LogP contribution in [-0.4, -0.2) is 36.7 Å². The van der Waals surface area contributed by atoms with E-state index in [9.17, 15) is 4.79 Å². The third kappa shape index (κ3) is 3.70. The molecule has 0 fully saturated rings. The van der Waals surface area contributed by atoms with Gasteiger partial charge in [0.25, 0.3) is 0 Å². The van der Waals surface area contributed by atoms with Gasteiger partial charge in [0.15, 0.2) is 0 Å². The molecule has 0 aliphatic rings. The predicted molar refractivity (Wildman–Crippen MR) is 115 cm³/mol. The number of hydrogen-bond acceptors (Lipinski definition) is 6. The SMILES string of the molecule is COc1cccc(-n2nnn(C)c2=O)c1COc1ccc(-n2ncc(C)c2C)cc1C. The number of benzene rings is 2. The molecule has 0 atom stereocenters. The topological polar surface area (TPSA) is 89.0 Å². The van der Waals surface area contributed by atoms with Crippen LogP contribution in [0, 0.1) is 20.8 Å². The molecule has 2 heterocycles. The number of hydrogen-bond donors (Lipinski definition) is 0. The third-order valence-electron chi connectivity index (χ3n) is 5.31. The monoisotopic (exact) mass is 420 g/mol. The van der Waals surface area contributed by atoms with E-state index in [4.69, 9.17) is 9.47 Å². The van der Waals surface area contributed by atoms with Gasteiger partial charge in [-0.15, -0.1) is 0 Å². The molecule has 31 heavy (non-hydrogen) atoms. The van der Waals surface area contributed by atoms with Crippen LogP contribution in [0.1, 0.15) is 22.4 Å². The summed E-state index contributed by atoms with van der Waals surface area (Å²) in [6, 6.07) is 11.3. The van der Waals surface area contributed by atoms with Gasteiger partial charge in [0.2, 0.25) is 0 Å². The Morgan fingerprint density at radius 3 is 2.39 bits per heavy atom. The standard InChI is InChI=1S/C22H24N6O3/c1-14-11-17(27-16(3)15(2)12-23-27)9-10-20(14)31-13-18-19(7-6-8-21(18)30-5)28-22(29)26(4)24-25-28/h6-12H,13H2,1-5H3. The van der Waals surface area contributed by atoms with E-state index in [0.717, 1.165) is 28.3 Å². The maximum absolute atomic E-state index is 12.4. The number of aryl methyl sites for hydroxylation is 3. The van der Waals surface area contributed by atoms with Crippen LogP contribution < -0.4 is 15.2 Å². The number of nitrogens with zero attached hydrogens (tertiary/aromatic N) is 6. The van der Waals surface area contributed by atoms with Gasteiger partial charge >= 0.3 is 5.69 Å². The second-order valence-electron chi connectivity index (χ2n) is 7.32. The molecular weight excluding hydrogens is 396 g/mol. The first-order valence-electron chi connectivity index (χ1n) is 9.81. The van der Waals surface area contributed by atoms with E-state index < -0.39 is 0 Å². The molecule has 9 heteroatoms. The summed E-state index contributed by atoms with van der Waals surface area (Å²) < 4.78 is 15.9. The first-order valence-corrected chi connectivity index (χ1v) is 9.81. The summed E-state index contributed by atoms with van der Waals surface area (Å²) in [5.41, 5.74) is 5.10. The molecule has 9 nitrogen and oxygen atoms in total. The fourth-order valence-corrected chi connectivity index (χ4v) is 3.38. The molecule has 0 aliphatic heterocycles. The van der Waals surface area contributed by atoms with Crippen LogP contribution in [0.15, 0.2) is 47.4 Å². The molecule has 0 aliphatic carbocycles. The highest BCUT2D eigenvalue weighted by Crippen LogP contribution is 2.28. The van der Waals surface area contributed by atoms with Crippen molar-refractivity contribution < 1.29 is 9.47 Å². The number of ether oxygens (including phenoxy) is 2. The Bertz CT molecular complexity index is 1300. The van der Waals surface area contributed by atoms with Gasteiger partial charge in [-0.3, -0.25) is 0 Å². The summed E-state index contributed by atoms with van der Waals surface area (Å²) in [5, 5.41) is 12.2. The van der Waals surface area contributed by atoms with Crippen LogP contribution in [0.5, 0.6) is 11.5 Å². The summed E-state index contributed by atoms with van der Waals surface area (Å²) in [6.07, 6.45) is 1.85. The Labute approximate surface area is 179 Å². The van der Waals surface area contributed by atoms with Gasteiger partial charge < -0.3 is 9.47 Å². The molecule has 0 unspecified atom stereocenters. The molecule has 160 valence electrons. The Hall–Kier alpha value is -3.88. The highest BCUT2D eigenvalue weighted by atomic mass is 16.5. The second kappa shape index (κ2) is 8.10. The van der Waals surface area contributed by atoms with Crippen molar-refractivity contribution in [1.82, 2.24) is 29.6 Å². The second-order valence-corrected chi connectivity index (χ2v) is 7.32. The fourth-order valence-electron chi connectivity index (χ4n) is 3.38. The summed E-state index contributed by atoms with van der Waals surface area (Å²) in [7, 11) is 3.13. The number of rotatable bonds is 6. The van der Waals surface area contributed by atoms with Crippen LogP contribution >= 0.6 is 0 Å². The summed E-state index contributed by atoms with van der Waals surface area (Å²) >= 11 is 0. The number of aromatic nitrogens is 6. The van der Waals surface area contributed by atoms with Crippen molar-refractivity contribution in [2.24, 2.45) is 7.05 Å². The van der Waals surface area contributed by atoms with Crippen LogP contribution in [0.2, 0.25) is 0 Å². The zero-order chi connectivity index (χ0) is 22.1. The molecule has 4 rings (SSSR count). The van der Waals surface area contributed by atoms with Gasteiger partial charge in [-0.1, -0.05) is 6.07 Å². The zero-order valence-electron chi connectivity index (χ0n) is 18.2. The van der Waals surface area contributed by atoms with Crippen LogP contribution in [0.3, 0.4) is 0 Å². The maximum Gasteiger partial charge on any atom is 0.368 e. The third-order valence-corrected chi connectivity index (χ3v) is 5.31. The Morgan fingerprint density at radius 1 is 0.968 bits per heavy atom. The van der Waals surface area contributed by atoms with E-state index in [1.54, 1.807) is 26.3 Å².